The second kappa shape index (κ2) is 7.71. The molecule has 27 heavy (non-hydrogen) atoms. The van der Waals surface area contributed by atoms with Crippen molar-refractivity contribution in [3.8, 4) is 5.82 Å². The molecule has 0 unspecified atom stereocenters. The van der Waals surface area contributed by atoms with Gasteiger partial charge in [-0.3, -0.25) is 4.79 Å². The number of piperidine rings is 1. The molecule has 0 saturated carbocycles. The van der Waals surface area contributed by atoms with Crippen molar-refractivity contribution < 1.29 is 4.79 Å². The third-order valence-electron chi connectivity index (χ3n) is 4.59. The molecule has 2 aromatic heterocycles. The van der Waals surface area contributed by atoms with Gasteiger partial charge in [-0.05, 0) is 49.2 Å². The lowest BCUT2D eigenvalue weighted by Crippen LogP contribution is -2.38. The van der Waals surface area contributed by atoms with Crippen molar-refractivity contribution >= 4 is 29.0 Å². The second-order valence-corrected chi connectivity index (χ2v) is 6.78. The van der Waals surface area contributed by atoms with Crippen LogP contribution in [0.15, 0.2) is 49.1 Å². The fourth-order valence-corrected chi connectivity index (χ4v) is 3.21. The zero-order valence-electron chi connectivity index (χ0n) is 14.5. The van der Waals surface area contributed by atoms with Crippen molar-refractivity contribution in [2.75, 3.05) is 23.3 Å². The molecule has 1 saturated heterocycles. The summed E-state index contributed by atoms with van der Waals surface area (Å²) < 4.78 is 1.56. The molecule has 138 valence electrons. The van der Waals surface area contributed by atoms with Crippen LogP contribution < -0.4 is 10.2 Å². The predicted octanol–water partition coefficient (Wildman–Crippen LogP) is 2.57. The fraction of sp³-hybridized carbons (Fsp3) is 0.278. The van der Waals surface area contributed by atoms with Gasteiger partial charge in [0.25, 0.3) is 0 Å². The maximum absolute atomic E-state index is 12.5. The van der Waals surface area contributed by atoms with Gasteiger partial charge in [0.2, 0.25) is 5.91 Å². The van der Waals surface area contributed by atoms with Crippen molar-refractivity contribution in [2.24, 2.45) is 5.92 Å². The van der Waals surface area contributed by atoms with E-state index in [1.54, 1.807) is 23.1 Å². The van der Waals surface area contributed by atoms with Gasteiger partial charge < -0.3 is 10.2 Å². The van der Waals surface area contributed by atoms with Crippen molar-refractivity contribution in [3.63, 3.8) is 0 Å². The summed E-state index contributed by atoms with van der Waals surface area (Å²) in [4.78, 5) is 18.5. The maximum Gasteiger partial charge on any atom is 0.227 e. The van der Waals surface area contributed by atoms with Crippen molar-refractivity contribution in [1.82, 2.24) is 25.0 Å². The number of carbonyl (C=O) groups is 1. The molecule has 1 fully saturated rings. The smallest absolute Gasteiger partial charge is 0.227 e. The molecule has 0 atom stereocenters. The van der Waals surface area contributed by atoms with E-state index in [0.29, 0.717) is 10.8 Å². The average molecular weight is 384 g/mol. The molecule has 1 aliphatic heterocycles. The first-order chi connectivity index (χ1) is 13.2. The van der Waals surface area contributed by atoms with E-state index in [2.05, 4.69) is 30.5 Å². The minimum absolute atomic E-state index is 0.0145. The number of rotatable bonds is 4. The van der Waals surface area contributed by atoms with Crippen LogP contribution in [0.2, 0.25) is 5.02 Å². The highest BCUT2D eigenvalue weighted by Crippen LogP contribution is 2.23. The summed E-state index contributed by atoms with van der Waals surface area (Å²) in [6, 6.07) is 10.9. The van der Waals surface area contributed by atoms with Crippen LogP contribution in [0.25, 0.3) is 5.82 Å². The first kappa shape index (κ1) is 17.4. The predicted molar refractivity (Wildman–Crippen MR) is 102 cm³/mol. The van der Waals surface area contributed by atoms with Gasteiger partial charge in [-0.25, -0.2) is 9.67 Å². The highest BCUT2D eigenvalue weighted by atomic mass is 35.5. The molecule has 3 aromatic rings. The minimum Gasteiger partial charge on any atom is -0.355 e. The van der Waals surface area contributed by atoms with Gasteiger partial charge >= 0.3 is 0 Å². The van der Waals surface area contributed by atoms with Gasteiger partial charge in [0.05, 0.1) is 0 Å². The first-order valence-corrected chi connectivity index (χ1v) is 9.07. The van der Waals surface area contributed by atoms with Gasteiger partial charge in [0.1, 0.15) is 12.7 Å². The number of hydrogen-bond acceptors (Lipinski definition) is 6. The topological polar surface area (TPSA) is 88.8 Å². The van der Waals surface area contributed by atoms with Crippen LogP contribution in [0.4, 0.5) is 11.5 Å². The second-order valence-electron chi connectivity index (χ2n) is 6.35. The van der Waals surface area contributed by atoms with Crippen LogP contribution in [0.5, 0.6) is 0 Å². The highest BCUT2D eigenvalue weighted by molar-refractivity contribution is 6.30. The molecule has 0 radical (unpaired) electrons. The highest BCUT2D eigenvalue weighted by Gasteiger charge is 2.26. The van der Waals surface area contributed by atoms with Crippen LogP contribution in [0.3, 0.4) is 0 Å². The molecular weight excluding hydrogens is 366 g/mol. The zero-order valence-corrected chi connectivity index (χ0v) is 15.3. The van der Waals surface area contributed by atoms with E-state index >= 15 is 0 Å². The van der Waals surface area contributed by atoms with Crippen LogP contribution in [0, 0.1) is 5.92 Å². The van der Waals surface area contributed by atoms with Gasteiger partial charge in [-0.1, -0.05) is 11.6 Å². The van der Waals surface area contributed by atoms with Crippen molar-refractivity contribution in [1.29, 1.82) is 0 Å². The summed E-state index contributed by atoms with van der Waals surface area (Å²) in [6.45, 7) is 1.52. The Morgan fingerprint density at radius 1 is 1.04 bits per heavy atom. The summed E-state index contributed by atoms with van der Waals surface area (Å²) in [5.41, 5.74) is 0.765. The standard InChI is InChI=1S/C18H18ClN7O/c19-14-1-3-15(4-2-14)22-18(27)13-7-9-25(10-8-13)16-5-6-17(24-23-16)26-12-20-11-21-26/h1-6,11-13H,7-10H2,(H,22,27). The van der Waals surface area contributed by atoms with Crippen LogP contribution >= 0.6 is 11.6 Å². The monoisotopic (exact) mass is 383 g/mol. The first-order valence-electron chi connectivity index (χ1n) is 8.69. The molecule has 4 rings (SSSR count). The minimum atomic E-state index is -0.0145. The quantitative estimate of drug-likeness (QED) is 0.744. The molecule has 9 heteroatoms. The van der Waals surface area contributed by atoms with Gasteiger partial charge in [-0.2, -0.15) is 5.10 Å². The number of benzene rings is 1. The van der Waals surface area contributed by atoms with Crippen LogP contribution in [0.1, 0.15) is 12.8 Å². The Labute approximate surface area is 161 Å². The van der Waals surface area contributed by atoms with Gasteiger partial charge in [-0.15, -0.1) is 10.2 Å². The van der Waals surface area contributed by atoms with E-state index in [9.17, 15) is 4.79 Å². The van der Waals surface area contributed by atoms with Gasteiger partial charge in [0, 0.05) is 29.7 Å². The lowest BCUT2D eigenvalue weighted by molar-refractivity contribution is -0.120. The lowest BCUT2D eigenvalue weighted by Gasteiger charge is -2.31. The number of amides is 1. The normalized spacial score (nSPS) is 14.9. The molecule has 0 aliphatic carbocycles. The van der Waals surface area contributed by atoms with E-state index in [1.165, 1.54) is 6.33 Å². The third kappa shape index (κ3) is 4.06. The third-order valence-corrected chi connectivity index (χ3v) is 4.84. The molecule has 8 nitrogen and oxygen atoms in total. The van der Waals surface area contributed by atoms with Crippen LogP contribution in [-0.4, -0.2) is 44.0 Å². The largest absolute Gasteiger partial charge is 0.355 e. The van der Waals surface area contributed by atoms with Crippen LogP contribution in [-0.2, 0) is 4.79 Å². The molecule has 1 aliphatic rings. The summed E-state index contributed by atoms with van der Waals surface area (Å²) in [7, 11) is 0. The molecule has 1 aromatic carbocycles. The summed E-state index contributed by atoms with van der Waals surface area (Å²) >= 11 is 5.87. The summed E-state index contributed by atoms with van der Waals surface area (Å²) in [5.74, 6) is 1.45. The average Bonchev–Trinajstić information content (AvgIpc) is 3.25. The molecule has 0 bridgehead atoms. The molecule has 0 spiro atoms. The number of halogens is 1. The number of hydrogen-bond donors (Lipinski definition) is 1. The van der Waals surface area contributed by atoms with E-state index in [0.717, 1.165) is 37.4 Å². The SMILES string of the molecule is O=C(Nc1ccc(Cl)cc1)C1CCN(c2ccc(-n3cncn3)nn2)CC1. The van der Waals surface area contributed by atoms with Crippen molar-refractivity contribution in [2.45, 2.75) is 12.8 Å². The molecular formula is C18H18ClN7O. The summed E-state index contributed by atoms with van der Waals surface area (Å²) in [6.07, 6.45) is 4.57. The Balaban J connectivity index is 1.33. The van der Waals surface area contributed by atoms with Crippen molar-refractivity contribution in [3.05, 3.63) is 54.1 Å². The number of aromatic nitrogens is 5. The Bertz CT molecular complexity index is 888. The fourth-order valence-electron chi connectivity index (χ4n) is 3.08. The summed E-state index contributed by atoms with van der Waals surface area (Å²) in [5, 5.41) is 16.1. The lowest BCUT2D eigenvalue weighted by atomic mass is 9.96. The zero-order chi connectivity index (χ0) is 18.6. The van der Waals surface area contributed by atoms with E-state index in [-0.39, 0.29) is 11.8 Å². The van der Waals surface area contributed by atoms with E-state index in [1.807, 2.05) is 24.3 Å². The number of anilines is 2. The Hall–Kier alpha value is -3.00. The number of carbonyl (C=O) groups excluding carboxylic acids is 1. The Morgan fingerprint density at radius 2 is 1.74 bits per heavy atom. The molecule has 1 amide bonds. The van der Waals surface area contributed by atoms with Gasteiger partial charge in [0.15, 0.2) is 11.6 Å². The maximum atomic E-state index is 12.5. The van der Waals surface area contributed by atoms with E-state index in [4.69, 9.17) is 11.6 Å². The Kier molecular flexibility index (Phi) is 4.97. The molecule has 1 N–H and O–H groups in total. The Morgan fingerprint density at radius 3 is 2.37 bits per heavy atom. The number of nitrogens with zero attached hydrogens (tertiary/aromatic N) is 6. The van der Waals surface area contributed by atoms with E-state index < -0.39 is 0 Å². The molecule has 3 heterocycles. The number of nitrogens with one attached hydrogen (secondary N) is 1.